The summed E-state index contributed by atoms with van der Waals surface area (Å²) in [5.41, 5.74) is 3.33. The highest BCUT2D eigenvalue weighted by atomic mass is 35.5. The fraction of sp³-hybridized carbons (Fsp3) is 0.545. The number of hydrogen-bond acceptors (Lipinski definition) is 6. The van der Waals surface area contributed by atoms with Crippen LogP contribution in [0.5, 0.6) is 5.75 Å². The Labute approximate surface area is 254 Å². The Morgan fingerprint density at radius 2 is 1.81 bits per heavy atom. The maximum atomic E-state index is 13.4. The summed E-state index contributed by atoms with van der Waals surface area (Å²) in [4.78, 5) is 15.7. The number of aryl methyl sites for hydroxylation is 1. The molecule has 6 rings (SSSR count). The summed E-state index contributed by atoms with van der Waals surface area (Å²) >= 11 is 6.31. The van der Waals surface area contributed by atoms with Gasteiger partial charge in [0.2, 0.25) is 10.0 Å². The number of sulfonamides is 1. The lowest BCUT2D eigenvalue weighted by molar-refractivity contribution is 0.0460. The van der Waals surface area contributed by atoms with Crippen LogP contribution in [0.15, 0.2) is 48.6 Å². The molecule has 0 aromatic heterocycles. The van der Waals surface area contributed by atoms with E-state index in [1.54, 1.807) is 25.1 Å². The second-order valence-electron chi connectivity index (χ2n) is 12.6. The number of amides is 1. The summed E-state index contributed by atoms with van der Waals surface area (Å²) in [5, 5.41) is 11.1. The number of hydrogen-bond donors (Lipinski definition) is 2. The molecule has 2 heterocycles. The van der Waals surface area contributed by atoms with Gasteiger partial charge < -0.3 is 14.7 Å². The monoisotopic (exact) mass is 612 g/mol. The molecule has 2 fully saturated rings. The van der Waals surface area contributed by atoms with Crippen LogP contribution in [0.4, 0.5) is 5.69 Å². The summed E-state index contributed by atoms with van der Waals surface area (Å²) < 4.78 is 35.6. The van der Waals surface area contributed by atoms with Crippen LogP contribution in [0.2, 0.25) is 5.02 Å². The highest BCUT2D eigenvalue weighted by Crippen LogP contribution is 2.43. The number of rotatable bonds is 1. The van der Waals surface area contributed by atoms with Gasteiger partial charge in [-0.3, -0.25) is 4.79 Å². The first-order chi connectivity index (χ1) is 20.2. The molecule has 2 aromatic rings. The van der Waals surface area contributed by atoms with Gasteiger partial charge in [-0.1, -0.05) is 29.8 Å². The van der Waals surface area contributed by atoms with Gasteiger partial charge in [-0.05, 0) is 123 Å². The van der Waals surface area contributed by atoms with Gasteiger partial charge in [0, 0.05) is 23.7 Å². The van der Waals surface area contributed by atoms with E-state index in [1.807, 2.05) is 30.4 Å². The SMILES string of the molecule is C[C@H]1C(C2CC2)C/C=C/[C@H](O)[C@@H]2CCC2CN2CCCCc3cc(Cl)ccc3COc3ccc(cc32)C(=O)NS1(=O)=O. The van der Waals surface area contributed by atoms with Crippen LogP contribution in [0.1, 0.15) is 73.4 Å². The highest BCUT2D eigenvalue weighted by Gasteiger charge is 2.41. The van der Waals surface area contributed by atoms with E-state index < -0.39 is 27.3 Å². The van der Waals surface area contributed by atoms with Gasteiger partial charge in [0.05, 0.1) is 17.0 Å². The van der Waals surface area contributed by atoms with Gasteiger partial charge in [-0.2, -0.15) is 0 Å². The first-order valence-corrected chi connectivity index (χ1v) is 17.3. The first kappa shape index (κ1) is 29.5. The summed E-state index contributed by atoms with van der Waals surface area (Å²) in [7, 11) is -3.91. The van der Waals surface area contributed by atoms with Gasteiger partial charge in [0.1, 0.15) is 12.4 Å². The molecule has 7 nitrogen and oxygen atoms in total. The van der Waals surface area contributed by atoms with E-state index >= 15 is 0 Å². The van der Waals surface area contributed by atoms with Crippen LogP contribution >= 0.6 is 11.6 Å². The van der Waals surface area contributed by atoms with Crippen molar-refractivity contribution in [2.45, 2.75) is 76.3 Å². The fourth-order valence-corrected chi connectivity index (χ4v) is 8.50. The molecule has 42 heavy (non-hydrogen) atoms. The minimum atomic E-state index is -3.91. The topological polar surface area (TPSA) is 95.9 Å². The zero-order valence-corrected chi connectivity index (χ0v) is 25.7. The van der Waals surface area contributed by atoms with Crippen molar-refractivity contribution in [1.29, 1.82) is 0 Å². The number of allylic oxidation sites excluding steroid dienone is 1. The van der Waals surface area contributed by atoms with Crippen molar-refractivity contribution in [2.75, 3.05) is 18.0 Å². The maximum Gasteiger partial charge on any atom is 0.264 e. The number of anilines is 1. The summed E-state index contributed by atoms with van der Waals surface area (Å²) in [6.45, 7) is 3.55. The van der Waals surface area contributed by atoms with Crippen LogP contribution in [0, 0.1) is 23.7 Å². The molecular weight excluding hydrogens is 572 g/mol. The molecule has 2 unspecified atom stereocenters. The molecule has 0 saturated heterocycles. The molecule has 4 aliphatic rings. The minimum Gasteiger partial charge on any atom is -0.487 e. The van der Waals surface area contributed by atoms with Gasteiger partial charge >= 0.3 is 0 Å². The number of carbonyl (C=O) groups excluding carboxylic acids is 1. The van der Waals surface area contributed by atoms with E-state index in [-0.39, 0.29) is 11.8 Å². The Morgan fingerprint density at radius 1 is 1.00 bits per heavy atom. The summed E-state index contributed by atoms with van der Waals surface area (Å²) in [5.74, 6) is 0.713. The number of benzene rings is 2. The molecule has 2 bridgehead atoms. The smallest absolute Gasteiger partial charge is 0.264 e. The zero-order chi connectivity index (χ0) is 29.4. The van der Waals surface area contributed by atoms with E-state index in [1.165, 1.54) is 5.56 Å². The molecular formula is C33H41ClN2O5S. The van der Waals surface area contributed by atoms with Crippen molar-refractivity contribution in [3.8, 4) is 5.75 Å². The molecule has 0 radical (unpaired) electrons. The van der Waals surface area contributed by atoms with Gasteiger partial charge in [-0.25, -0.2) is 13.1 Å². The number of aliphatic hydroxyl groups excluding tert-OH is 1. The third-order valence-corrected chi connectivity index (χ3v) is 11.9. The van der Waals surface area contributed by atoms with Crippen LogP contribution in [-0.2, 0) is 23.1 Å². The van der Waals surface area contributed by atoms with Crippen molar-refractivity contribution in [3.05, 3.63) is 70.3 Å². The van der Waals surface area contributed by atoms with Gasteiger partial charge in [-0.15, -0.1) is 0 Å². The van der Waals surface area contributed by atoms with Crippen LogP contribution in [-0.4, -0.2) is 43.9 Å². The molecule has 9 heteroatoms. The van der Waals surface area contributed by atoms with E-state index in [0.717, 1.165) is 69.3 Å². The van der Waals surface area contributed by atoms with Crippen LogP contribution < -0.4 is 14.4 Å². The molecule has 0 spiro atoms. The van der Waals surface area contributed by atoms with E-state index in [9.17, 15) is 18.3 Å². The van der Waals surface area contributed by atoms with Crippen molar-refractivity contribution >= 4 is 33.2 Å². The number of ether oxygens (including phenoxy) is 1. The summed E-state index contributed by atoms with van der Waals surface area (Å²) in [6.07, 6.45) is 10.6. The Bertz CT molecular complexity index is 1460. The number of nitrogens with zero attached hydrogens (tertiary/aromatic N) is 1. The van der Waals surface area contributed by atoms with Gasteiger partial charge in [0.25, 0.3) is 5.91 Å². The number of fused-ring (bicyclic) bond motifs is 3. The maximum absolute atomic E-state index is 13.4. The second kappa shape index (κ2) is 12.2. The lowest BCUT2D eigenvalue weighted by Gasteiger charge is -2.42. The van der Waals surface area contributed by atoms with Crippen molar-refractivity contribution < 1.29 is 23.1 Å². The third kappa shape index (κ3) is 6.36. The number of aliphatic hydroxyl groups is 1. The molecule has 2 saturated carbocycles. The number of carbonyl (C=O) groups is 1. The van der Waals surface area contributed by atoms with Crippen molar-refractivity contribution in [2.24, 2.45) is 23.7 Å². The normalized spacial score (nSPS) is 30.8. The molecule has 5 atom stereocenters. The Hall–Kier alpha value is -2.55. The Balaban J connectivity index is 1.37. The number of nitrogens with one attached hydrogen (secondary N) is 1. The average Bonchev–Trinajstić information content (AvgIpc) is 3.78. The third-order valence-electron chi connectivity index (χ3n) is 9.90. The van der Waals surface area contributed by atoms with Crippen molar-refractivity contribution in [3.63, 3.8) is 0 Å². The van der Waals surface area contributed by atoms with Gasteiger partial charge in [0.15, 0.2) is 0 Å². The van der Waals surface area contributed by atoms with Crippen LogP contribution in [0.25, 0.3) is 0 Å². The quantitative estimate of drug-likeness (QED) is 0.390. The molecule has 1 amide bonds. The number of halogens is 1. The van der Waals surface area contributed by atoms with E-state index in [0.29, 0.717) is 41.2 Å². The zero-order valence-electron chi connectivity index (χ0n) is 24.2. The lowest BCUT2D eigenvalue weighted by Crippen LogP contribution is -2.43. The Kier molecular flexibility index (Phi) is 8.58. The van der Waals surface area contributed by atoms with Crippen molar-refractivity contribution in [1.82, 2.24) is 4.72 Å². The molecule has 2 aromatic carbocycles. The van der Waals surface area contributed by atoms with Crippen LogP contribution in [0.3, 0.4) is 0 Å². The molecule has 2 aliphatic carbocycles. The lowest BCUT2D eigenvalue weighted by atomic mass is 9.70. The largest absolute Gasteiger partial charge is 0.487 e. The standard InChI is InChI=1S/C33H41ClN2O5S/c1-21-28(22-8-9-22)6-4-7-31(37)29-14-11-25(29)19-36-16-3-2-5-23-17-27(34)13-10-26(23)20-41-32-15-12-24(18-30(32)36)33(38)35-42(21,39)40/h4,7,10,12-13,15,17-18,21-22,25,28-29,31,37H,2-3,5-6,8-9,11,14,16,19-20H2,1H3,(H,35,38)/b7-4+/t21-,25?,28?,29+,31-/m0/s1. The predicted molar refractivity (Wildman–Crippen MR) is 165 cm³/mol. The second-order valence-corrected chi connectivity index (χ2v) is 15.1. The van der Waals surface area contributed by atoms with E-state index in [2.05, 4.69) is 9.62 Å². The Morgan fingerprint density at radius 3 is 2.57 bits per heavy atom. The fourth-order valence-electron chi connectivity index (χ4n) is 6.95. The summed E-state index contributed by atoms with van der Waals surface area (Å²) in [6, 6.07) is 11.1. The highest BCUT2D eigenvalue weighted by molar-refractivity contribution is 7.90. The molecule has 226 valence electrons. The predicted octanol–water partition coefficient (Wildman–Crippen LogP) is 5.88. The average molecular weight is 613 g/mol. The molecule has 2 aliphatic heterocycles. The van der Waals surface area contributed by atoms with E-state index in [4.69, 9.17) is 16.3 Å². The first-order valence-electron chi connectivity index (χ1n) is 15.4. The molecule has 2 N–H and O–H groups in total. The minimum absolute atomic E-state index is 0.0992.